The number of benzene rings is 1. The first-order valence-corrected chi connectivity index (χ1v) is 6.60. The molecule has 11 heavy (non-hydrogen) atoms. The van der Waals surface area contributed by atoms with Crippen molar-refractivity contribution in [2.75, 3.05) is 0 Å². The summed E-state index contributed by atoms with van der Waals surface area (Å²) in [4.78, 5) is 0. The van der Waals surface area contributed by atoms with E-state index in [1.165, 1.54) is 10.0 Å². The molecule has 0 unspecified atom stereocenters. The maximum atomic E-state index is 2.29. The molecule has 1 aliphatic rings. The number of rotatable bonds is 0. The Morgan fingerprint density at radius 3 is 3.00 bits per heavy atom. The van der Waals surface area contributed by atoms with Gasteiger partial charge in [-0.1, -0.05) is 0 Å². The molecular weight excluding hydrogens is 248 g/mol. The van der Waals surface area contributed by atoms with Crippen molar-refractivity contribution in [3.63, 3.8) is 0 Å². The molecule has 0 radical (unpaired) electrons. The Hall–Kier alpha value is -0.250. The van der Waals surface area contributed by atoms with Crippen molar-refractivity contribution in [1.29, 1.82) is 0 Å². The van der Waals surface area contributed by atoms with Gasteiger partial charge in [0.25, 0.3) is 0 Å². The van der Waals surface area contributed by atoms with Gasteiger partial charge in [-0.2, -0.15) is 0 Å². The van der Waals surface area contributed by atoms with Crippen LogP contribution in [0, 0.1) is 0 Å². The molecule has 0 amide bonds. The fraction of sp³-hybridized carbons (Fsp3) is 0.200. The van der Waals surface area contributed by atoms with Crippen molar-refractivity contribution in [2.45, 2.75) is 11.4 Å². The summed E-state index contributed by atoms with van der Waals surface area (Å²) in [5, 5.41) is 0. The van der Waals surface area contributed by atoms with Crippen molar-refractivity contribution < 1.29 is 0 Å². The van der Waals surface area contributed by atoms with Crippen LogP contribution in [-0.4, -0.2) is 20.9 Å². The third kappa shape index (κ3) is 1.24. The summed E-state index contributed by atoms with van der Waals surface area (Å²) in [7, 11) is 0. The van der Waals surface area contributed by atoms with E-state index in [0.29, 0.717) is 0 Å². The van der Waals surface area contributed by atoms with E-state index in [2.05, 4.69) is 37.3 Å². The van der Waals surface area contributed by atoms with Crippen LogP contribution in [0.5, 0.6) is 0 Å². The van der Waals surface area contributed by atoms with Crippen LogP contribution in [0.4, 0.5) is 0 Å². The number of hydrogen-bond acceptors (Lipinski definition) is 0. The summed E-state index contributed by atoms with van der Waals surface area (Å²) in [6, 6.07) is 8.80. The Morgan fingerprint density at radius 1 is 1.36 bits per heavy atom. The fourth-order valence-electron chi connectivity index (χ4n) is 1.36. The maximum absolute atomic E-state index is 2.29. The summed E-state index contributed by atoms with van der Waals surface area (Å²) >= 11 is 0.140. The van der Waals surface area contributed by atoms with Gasteiger partial charge in [0.05, 0.1) is 0 Å². The van der Waals surface area contributed by atoms with Gasteiger partial charge in [0.2, 0.25) is 0 Å². The first-order chi connectivity index (χ1) is 5.42. The Balaban J connectivity index is 2.55. The Kier molecular flexibility index (Phi) is 2.02. The average molecular weight is 258 g/mol. The van der Waals surface area contributed by atoms with Crippen LogP contribution in [-0.2, 0) is 4.47 Å². The number of fused-ring (bicyclic) bond motifs is 1. The molecule has 0 atom stereocenters. The Morgan fingerprint density at radius 2 is 2.18 bits per heavy atom. The van der Waals surface area contributed by atoms with Crippen LogP contribution in [0.2, 0.25) is 0 Å². The molecule has 1 heteroatoms. The second kappa shape index (κ2) is 3.01. The van der Waals surface area contributed by atoms with Gasteiger partial charge in [-0.15, -0.1) is 0 Å². The molecule has 0 N–H and O–H groups in total. The van der Waals surface area contributed by atoms with Crippen LogP contribution >= 0.6 is 0 Å². The zero-order chi connectivity index (χ0) is 7.68. The third-order valence-electron chi connectivity index (χ3n) is 1.93. The number of hydrogen-bond donors (Lipinski definition) is 0. The summed E-state index contributed by atoms with van der Waals surface area (Å²) in [5.41, 5.74) is 3.10. The van der Waals surface area contributed by atoms with E-state index in [0.717, 1.165) is 0 Å². The minimum atomic E-state index is 0.140. The van der Waals surface area contributed by atoms with Gasteiger partial charge in [0.15, 0.2) is 0 Å². The van der Waals surface area contributed by atoms with Gasteiger partial charge >= 0.3 is 77.4 Å². The van der Waals surface area contributed by atoms with Crippen molar-refractivity contribution in [1.82, 2.24) is 0 Å². The standard InChI is InChI=1S/C10H10Te/c1-2-10-9-6-4-3-5-8(9)7-11-10/h2-6H,7H2,1H3/b10-2+. The van der Waals surface area contributed by atoms with Crippen molar-refractivity contribution >= 4 is 24.5 Å². The molecule has 0 saturated carbocycles. The molecule has 0 bridgehead atoms. The van der Waals surface area contributed by atoms with E-state index < -0.39 is 0 Å². The molecule has 0 saturated heterocycles. The predicted molar refractivity (Wildman–Crippen MR) is 49.6 cm³/mol. The molecule has 0 spiro atoms. The van der Waals surface area contributed by atoms with Crippen molar-refractivity contribution in [2.24, 2.45) is 0 Å². The summed E-state index contributed by atoms with van der Waals surface area (Å²) in [6.07, 6.45) is 2.29. The zero-order valence-corrected chi connectivity index (χ0v) is 8.83. The average Bonchev–Trinajstić information content (AvgIpc) is 2.47. The molecule has 0 fully saturated rings. The van der Waals surface area contributed by atoms with Crippen LogP contribution in [0.3, 0.4) is 0 Å². The molecule has 1 aromatic rings. The second-order valence-electron chi connectivity index (χ2n) is 2.60. The van der Waals surface area contributed by atoms with Gasteiger partial charge < -0.3 is 0 Å². The number of allylic oxidation sites excluding steroid dienone is 1. The summed E-state index contributed by atoms with van der Waals surface area (Å²) in [6.45, 7) is 2.15. The minimum absolute atomic E-state index is 0.140. The molecule has 0 nitrogen and oxygen atoms in total. The molecular formula is C10H10Te. The molecule has 1 aliphatic heterocycles. The van der Waals surface area contributed by atoms with Gasteiger partial charge in [0.1, 0.15) is 0 Å². The van der Waals surface area contributed by atoms with E-state index in [1.54, 1.807) is 9.18 Å². The molecule has 2 rings (SSSR count). The van der Waals surface area contributed by atoms with Gasteiger partial charge in [-0.25, -0.2) is 0 Å². The topological polar surface area (TPSA) is 0 Å². The van der Waals surface area contributed by atoms with Gasteiger partial charge in [-0.3, -0.25) is 0 Å². The molecule has 56 valence electrons. The first kappa shape index (κ1) is 7.40. The Labute approximate surface area is 77.4 Å². The normalized spacial score (nSPS) is 18.8. The molecule has 0 aliphatic carbocycles. The zero-order valence-electron chi connectivity index (χ0n) is 6.50. The Bertz CT molecular complexity index is 299. The monoisotopic (exact) mass is 260 g/mol. The predicted octanol–water partition coefficient (Wildman–Crippen LogP) is 2.27. The second-order valence-corrected chi connectivity index (χ2v) is 5.50. The van der Waals surface area contributed by atoms with Crippen molar-refractivity contribution in [3.05, 3.63) is 41.5 Å². The van der Waals surface area contributed by atoms with Crippen LogP contribution in [0.1, 0.15) is 18.1 Å². The van der Waals surface area contributed by atoms with E-state index in [-0.39, 0.29) is 20.9 Å². The fourth-order valence-corrected chi connectivity index (χ4v) is 4.45. The summed E-state index contributed by atoms with van der Waals surface area (Å²) < 4.78 is 3.01. The van der Waals surface area contributed by atoms with Crippen LogP contribution < -0.4 is 0 Å². The van der Waals surface area contributed by atoms with Gasteiger partial charge in [0, 0.05) is 0 Å². The van der Waals surface area contributed by atoms with Crippen LogP contribution in [0.25, 0.3) is 3.62 Å². The molecule has 1 heterocycles. The van der Waals surface area contributed by atoms with Crippen LogP contribution in [0.15, 0.2) is 30.3 Å². The van der Waals surface area contributed by atoms with E-state index >= 15 is 0 Å². The molecule has 0 aromatic heterocycles. The van der Waals surface area contributed by atoms with E-state index in [9.17, 15) is 0 Å². The van der Waals surface area contributed by atoms with E-state index in [1.807, 2.05) is 0 Å². The molecule has 1 aromatic carbocycles. The van der Waals surface area contributed by atoms with Crippen molar-refractivity contribution in [3.8, 4) is 0 Å². The SMILES string of the molecule is C/C=C1/[Te]Cc2ccccc21. The summed E-state index contributed by atoms with van der Waals surface area (Å²) in [5.74, 6) is 0. The third-order valence-corrected chi connectivity index (χ3v) is 5.42. The van der Waals surface area contributed by atoms with Gasteiger partial charge in [-0.05, 0) is 0 Å². The first-order valence-electron chi connectivity index (χ1n) is 3.79. The van der Waals surface area contributed by atoms with E-state index in [4.69, 9.17) is 0 Å². The quantitative estimate of drug-likeness (QED) is 0.626.